The summed E-state index contributed by atoms with van der Waals surface area (Å²) >= 11 is 0. The molecule has 1 N–H and O–H groups in total. The first-order valence-corrected chi connectivity index (χ1v) is 13.5. The van der Waals surface area contributed by atoms with Crippen molar-refractivity contribution in [1.82, 2.24) is 24.8 Å². The Morgan fingerprint density at radius 3 is 2.64 bits per heavy atom. The molecule has 5 rings (SSSR count). The fourth-order valence-electron chi connectivity index (χ4n) is 4.71. The molecule has 39 heavy (non-hydrogen) atoms. The Kier molecular flexibility index (Phi) is 10.8. The Hall–Kier alpha value is -3.09. The van der Waals surface area contributed by atoms with Crippen LogP contribution in [0.1, 0.15) is 52.9 Å². The molecule has 1 aliphatic carbocycles. The topological polar surface area (TPSA) is 128 Å². The third-order valence-electron chi connectivity index (χ3n) is 6.80. The maximum absolute atomic E-state index is 12.4. The van der Waals surface area contributed by atoms with Crippen LogP contribution in [0.5, 0.6) is 0 Å². The molecule has 2 aromatic heterocycles. The number of hydrogen-bond donors (Lipinski definition) is 1. The summed E-state index contributed by atoms with van der Waals surface area (Å²) < 4.78 is 17.7. The molecule has 0 bridgehead atoms. The third-order valence-corrected chi connectivity index (χ3v) is 6.80. The third kappa shape index (κ3) is 7.96. The van der Waals surface area contributed by atoms with Gasteiger partial charge >= 0.3 is 6.09 Å². The second-order valence-corrected chi connectivity index (χ2v) is 10.8. The van der Waals surface area contributed by atoms with Gasteiger partial charge in [-0.1, -0.05) is 0 Å². The zero-order valence-corrected chi connectivity index (χ0v) is 23.6. The number of anilines is 1. The molecule has 1 amide bonds. The van der Waals surface area contributed by atoms with Crippen LogP contribution in [0.3, 0.4) is 0 Å². The molecule has 12 nitrogen and oxygen atoms in total. The molecule has 12 heteroatoms. The van der Waals surface area contributed by atoms with Gasteiger partial charge in [-0.15, -0.1) is 0 Å². The molecule has 4 heterocycles. The molecule has 3 aliphatic rings. The van der Waals surface area contributed by atoms with Crippen LogP contribution in [-0.4, -0.2) is 103 Å². The lowest BCUT2D eigenvalue weighted by atomic mass is 10.1. The van der Waals surface area contributed by atoms with Crippen molar-refractivity contribution in [3.63, 3.8) is 0 Å². The second-order valence-electron chi connectivity index (χ2n) is 10.8. The van der Waals surface area contributed by atoms with Gasteiger partial charge in [0, 0.05) is 39.0 Å². The number of hydrogen-bond acceptors (Lipinski definition) is 10. The van der Waals surface area contributed by atoms with Crippen molar-refractivity contribution in [1.29, 1.82) is 0 Å². The fraction of sp³-hybridized carbons (Fsp3) is 0.667. The first-order valence-electron chi connectivity index (χ1n) is 13.5. The first-order chi connectivity index (χ1) is 18.8. The highest BCUT2D eigenvalue weighted by molar-refractivity contribution is 5.93. The van der Waals surface area contributed by atoms with E-state index in [0.29, 0.717) is 18.7 Å². The number of nitrogens with one attached hydrogen (secondary N) is 1. The van der Waals surface area contributed by atoms with E-state index < -0.39 is 11.7 Å². The van der Waals surface area contributed by atoms with Crippen LogP contribution in [0.15, 0.2) is 18.6 Å². The van der Waals surface area contributed by atoms with Gasteiger partial charge in [-0.25, -0.2) is 19.3 Å². The number of carbonyl (C=O) groups is 3. The van der Waals surface area contributed by atoms with Crippen LogP contribution >= 0.6 is 0 Å². The lowest BCUT2D eigenvalue weighted by Crippen LogP contribution is -2.54. The Labute approximate surface area is 230 Å². The Balaban J connectivity index is 0.000000272. The standard InChI is InChI=1S/C18H23N5O3.C8H17NO2.CH2O/c1-17(2,3)26-16(25)23-7-4-13-14(19-11-20-15(13)23)21-8-9-22(12-24)18(10-21)5-6-18;1-9-5-7-11-8-4-2-3-6-10-8;1-2/h4,7,11-12H,5-6,8-10H2,1-3H3;8-9H,2-7H2,1H3;1H2. The van der Waals surface area contributed by atoms with Crippen LogP contribution in [-0.2, 0) is 23.8 Å². The maximum Gasteiger partial charge on any atom is 0.420 e. The lowest BCUT2D eigenvalue weighted by molar-refractivity contribution is -0.161. The molecule has 0 radical (unpaired) electrons. The van der Waals surface area contributed by atoms with Gasteiger partial charge in [0.15, 0.2) is 11.9 Å². The van der Waals surface area contributed by atoms with Crippen molar-refractivity contribution >= 4 is 36.1 Å². The summed E-state index contributed by atoms with van der Waals surface area (Å²) in [7, 11) is 1.92. The quantitative estimate of drug-likeness (QED) is 0.426. The molecular weight excluding hydrogens is 504 g/mol. The Morgan fingerprint density at radius 1 is 1.26 bits per heavy atom. The molecule has 2 aliphatic heterocycles. The van der Waals surface area contributed by atoms with Gasteiger partial charge in [0.25, 0.3) is 0 Å². The van der Waals surface area contributed by atoms with Crippen molar-refractivity contribution in [3.05, 3.63) is 18.6 Å². The van der Waals surface area contributed by atoms with E-state index in [0.717, 1.165) is 63.2 Å². The number of nitrogens with zero attached hydrogens (tertiary/aromatic N) is 5. The maximum atomic E-state index is 12.4. The molecule has 3 fully saturated rings. The van der Waals surface area contributed by atoms with E-state index >= 15 is 0 Å². The molecule has 2 saturated heterocycles. The zero-order chi connectivity index (χ0) is 28.5. The van der Waals surface area contributed by atoms with Gasteiger partial charge in [-0.3, -0.25) is 4.79 Å². The summed E-state index contributed by atoms with van der Waals surface area (Å²) in [5.41, 5.74) is -0.0928. The Morgan fingerprint density at radius 2 is 2.03 bits per heavy atom. The number of ether oxygens (including phenoxy) is 3. The summed E-state index contributed by atoms with van der Waals surface area (Å²) in [5.74, 6) is 0.800. The number of fused-ring (bicyclic) bond motifs is 1. The fourth-order valence-corrected chi connectivity index (χ4v) is 4.71. The second kappa shape index (κ2) is 13.8. The van der Waals surface area contributed by atoms with Crippen molar-refractivity contribution in [2.45, 2.75) is 70.3 Å². The minimum atomic E-state index is -0.576. The van der Waals surface area contributed by atoms with Crippen LogP contribution in [0.25, 0.3) is 11.0 Å². The van der Waals surface area contributed by atoms with E-state index in [1.807, 2.05) is 45.6 Å². The SMILES string of the molecule is C=O.CC(C)(C)OC(=O)n1ccc2c(N3CCN(C=O)C4(CC4)C3)ncnc21.CNCCOC1CCCCO1. The minimum absolute atomic E-state index is 0.0506. The van der Waals surface area contributed by atoms with Gasteiger partial charge < -0.3 is 34.1 Å². The van der Waals surface area contributed by atoms with E-state index in [1.165, 1.54) is 23.7 Å². The number of aromatic nitrogens is 3. The average Bonchev–Trinajstić information content (AvgIpc) is 3.54. The molecule has 1 saturated carbocycles. The van der Waals surface area contributed by atoms with Crippen molar-refractivity contribution in [2.24, 2.45) is 0 Å². The molecule has 1 spiro atoms. The highest BCUT2D eigenvalue weighted by Gasteiger charge is 2.51. The molecule has 216 valence electrons. The molecule has 0 aromatic carbocycles. The zero-order valence-electron chi connectivity index (χ0n) is 23.6. The normalized spacial score (nSPS) is 19.9. The predicted molar refractivity (Wildman–Crippen MR) is 147 cm³/mol. The largest absolute Gasteiger partial charge is 0.443 e. The van der Waals surface area contributed by atoms with Crippen LogP contribution in [0.2, 0.25) is 0 Å². The Bertz CT molecular complexity index is 1080. The van der Waals surface area contributed by atoms with Crippen molar-refractivity contribution in [3.8, 4) is 0 Å². The van der Waals surface area contributed by atoms with Gasteiger partial charge in [0.05, 0.1) is 17.5 Å². The highest BCUT2D eigenvalue weighted by atomic mass is 16.7. The number of likely N-dealkylation sites (N-methyl/N-ethyl adjacent to an activating group) is 1. The number of rotatable bonds is 6. The van der Waals surface area contributed by atoms with Gasteiger partial charge in [-0.05, 0) is 66.0 Å². The molecule has 1 atom stereocenters. The summed E-state index contributed by atoms with van der Waals surface area (Å²) in [4.78, 5) is 44.6. The molecular formula is C27H42N6O6. The number of amides is 1. The van der Waals surface area contributed by atoms with E-state index in [1.54, 1.807) is 6.20 Å². The van der Waals surface area contributed by atoms with Crippen molar-refractivity contribution < 1.29 is 28.6 Å². The molecule has 1 unspecified atom stereocenters. The van der Waals surface area contributed by atoms with Crippen molar-refractivity contribution in [2.75, 3.05) is 51.3 Å². The van der Waals surface area contributed by atoms with Crippen LogP contribution < -0.4 is 10.2 Å². The number of piperazine rings is 1. The highest BCUT2D eigenvalue weighted by Crippen LogP contribution is 2.44. The van der Waals surface area contributed by atoms with E-state index in [4.69, 9.17) is 19.0 Å². The predicted octanol–water partition coefficient (Wildman–Crippen LogP) is 2.59. The van der Waals surface area contributed by atoms with Gasteiger partial charge in [-0.2, -0.15) is 0 Å². The lowest BCUT2D eigenvalue weighted by Gasteiger charge is -2.40. The van der Waals surface area contributed by atoms with E-state index in [-0.39, 0.29) is 11.8 Å². The minimum Gasteiger partial charge on any atom is -0.443 e. The summed E-state index contributed by atoms with van der Waals surface area (Å²) in [5, 5.41) is 3.84. The van der Waals surface area contributed by atoms with E-state index in [2.05, 4.69) is 20.2 Å². The van der Waals surface area contributed by atoms with Gasteiger partial charge in [0.1, 0.15) is 24.5 Å². The van der Waals surface area contributed by atoms with Gasteiger partial charge in [0.2, 0.25) is 6.41 Å². The smallest absolute Gasteiger partial charge is 0.420 e. The summed E-state index contributed by atoms with van der Waals surface area (Å²) in [6, 6.07) is 1.85. The summed E-state index contributed by atoms with van der Waals surface area (Å²) in [6.45, 7) is 12.2. The first kappa shape index (κ1) is 30.5. The van der Waals surface area contributed by atoms with E-state index in [9.17, 15) is 9.59 Å². The summed E-state index contributed by atoms with van der Waals surface area (Å²) in [6.07, 6.45) is 9.25. The van der Waals surface area contributed by atoms with Crippen LogP contribution in [0.4, 0.5) is 10.6 Å². The average molecular weight is 547 g/mol. The number of carbonyl (C=O) groups excluding carboxylic acids is 3. The van der Waals surface area contributed by atoms with Crippen LogP contribution in [0, 0.1) is 0 Å². The monoisotopic (exact) mass is 546 g/mol. The molecule has 2 aromatic rings.